The van der Waals surface area contributed by atoms with Gasteiger partial charge in [0, 0.05) is 35.0 Å². The third-order valence-corrected chi connectivity index (χ3v) is 4.51. The second-order valence-electron chi connectivity index (χ2n) is 3.96. The van der Waals surface area contributed by atoms with Crippen LogP contribution in [-0.4, -0.2) is 9.38 Å². The van der Waals surface area contributed by atoms with Crippen molar-refractivity contribution in [3.63, 3.8) is 0 Å². The summed E-state index contributed by atoms with van der Waals surface area (Å²) in [5, 5.41) is 2.05. The maximum atomic E-state index is 5.58. The lowest BCUT2D eigenvalue weighted by Gasteiger charge is -2.01. The molecule has 0 atom stereocenters. The van der Waals surface area contributed by atoms with Gasteiger partial charge in [0.1, 0.15) is 0 Å². The molecule has 0 saturated carbocycles. The van der Waals surface area contributed by atoms with Crippen molar-refractivity contribution in [2.24, 2.45) is 5.73 Å². The number of benzene rings is 1. The minimum Gasteiger partial charge on any atom is -0.326 e. The highest BCUT2D eigenvalue weighted by Crippen LogP contribution is 2.23. The molecule has 92 valence electrons. The molecule has 3 nitrogen and oxygen atoms in total. The van der Waals surface area contributed by atoms with E-state index in [9.17, 15) is 0 Å². The highest BCUT2D eigenvalue weighted by atomic mass is 32.2. The van der Waals surface area contributed by atoms with E-state index in [0.29, 0.717) is 6.54 Å². The fraction of sp³-hybridized carbons (Fsp3) is 0.154. The van der Waals surface area contributed by atoms with Crippen LogP contribution in [0.15, 0.2) is 46.9 Å². The van der Waals surface area contributed by atoms with Crippen molar-refractivity contribution in [1.29, 1.82) is 0 Å². The molecular weight excluding hydrogens is 262 g/mol. The summed E-state index contributed by atoms with van der Waals surface area (Å²) in [6, 6.07) is 8.39. The number of hydrogen-bond acceptors (Lipinski definition) is 4. The van der Waals surface area contributed by atoms with Crippen LogP contribution in [0.4, 0.5) is 0 Å². The highest BCUT2D eigenvalue weighted by Gasteiger charge is 2.03. The number of nitrogens with two attached hydrogens (primary N) is 1. The number of thiazole rings is 1. The summed E-state index contributed by atoms with van der Waals surface area (Å²) in [5.41, 5.74) is 7.87. The average molecular weight is 275 g/mol. The summed E-state index contributed by atoms with van der Waals surface area (Å²) in [7, 11) is 0. The molecule has 0 bridgehead atoms. The first kappa shape index (κ1) is 11.8. The molecule has 0 radical (unpaired) electrons. The second kappa shape index (κ2) is 5.14. The van der Waals surface area contributed by atoms with Crippen LogP contribution < -0.4 is 5.73 Å². The van der Waals surface area contributed by atoms with E-state index >= 15 is 0 Å². The molecule has 3 rings (SSSR count). The Kier molecular flexibility index (Phi) is 3.36. The van der Waals surface area contributed by atoms with E-state index in [1.807, 2.05) is 11.6 Å². The van der Waals surface area contributed by atoms with Gasteiger partial charge in [0.25, 0.3) is 0 Å². The van der Waals surface area contributed by atoms with Gasteiger partial charge in [-0.15, -0.1) is 23.1 Å². The Bertz CT molecular complexity index is 611. The van der Waals surface area contributed by atoms with Crippen LogP contribution >= 0.6 is 23.1 Å². The van der Waals surface area contributed by atoms with Crippen LogP contribution in [0.2, 0.25) is 0 Å². The SMILES string of the molecule is NCc1ccc(SCc2cn3ccsc3n2)cc1. The Morgan fingerprint density at radius 3 is 2.83 bits per heavy atom. The molecule has 3 aromatic rings. The van der Waals surface area contributed by atoms with Crippen LogP contribution in [0.1, 0.15) is 11.3 Å². The van der Waals surface area contributed by atoms with Crippen molar-refractivity contribution in [2.45, 2.75) is 17.2 Å². The average Bonchev–Trinajstić information content (AvgIpc) is 2.97. The lowest BCUT2D eigenvalue weighted by Crippen LogP contribution is -1.94. The largest absolute Gasteiger partial charge is 0.326 e. The first-order valence-electron chi connectivity index (χ1n) is 5.68. The first-order chi connectivity index (χ1) is 8.85. The van der Waals surface area contributed by atoms with Crippen LogP contribution in [0, 0.1) is 0 Å². The molecule has 18 heavy (non-hydrogen) atoms. The first-order valence-corrected chi connectivity index (χ1v) is 7.54. The van der Waals surface area contributed by atoms with Crippen molar-refractivity contribution in [3.05, 3.63) is 53.3 Å². The standard InChI is InChI=1S/C13H13N3S2/c14-7-10-1-3-12(4-2-10)18-9-11-8-16-5-6-17-13(16)15-11/h1-6,8H,7,9,14H2. The number of rotatable bonds is 4. The quantitative estimate of drug-likeness (QED) is 0.744. The Labute approximate surface area is 114 Å². The smallest absolute Gasteiger partial charge is 0.193 e. The van der Waals surface area contributed by atoms with Crippen molar-refractivity contribution in [1.82, 2.24) is 9.38 Å². The molecule has 2 heterocycles. The van der Waals surface area contributed by atoms with Gasteiger partial charge in [-0.3, -0.25) is 4.40 Å². The van der Waals surface area contributed by atoms with E-state index < -0.39 is 0 Å². The summed E-state index contributed by atoms with van der Waals surface area (Å²) in [6.45, 7) is 0.599. The Morgan fingerprint density at radius 1 is 1.28 bits per heavy atom. The Balaban J connectivity index is 1.68. The minimum absolute atomic E-state index is 0.599. The van der Waals surface area contributed by atoms with Crippen LogP contribution in [-0.2, 0) is 12.3 Å². The molecule has 0 aliphatic carbocycles. The van der Waals surface area contributed by atoms with Gasteiger partial charge in [0.15, 0.2) is 4.96 Å². The van der Waals surface area contributed by atoms with Gasteiger partial charge in [0.2, 0.25) is 0 Å². The number of hydrogen-bond donors (Lipinski definition) is 1. The number of thioether (sulfide) groups is 1. The summed E-state index contributed by atoms with van der Waals surface area (Å²) >= 11 is 3.46. The highest BCUT2D eigenvalue weighted by molar-refractivity contribution is 7.98. The number of aromatic nitrogens is 2. The summed E-state index contributed by atoms with van der Waals surface area (Å²) in [5.74, 6) is 0.899. The van der Waals surface area contributed by atoms with Crippen LogP contribution in [0.25, 0.3) is 4.96 Å². The molecule has 0 unspecified atom stereocenters. The van der Waals surface area contributed by atoms with Gasteiger partial charge in [-0.1, -0.05) is 12.1 Å². The van der Waals surface area contributed by atoms with Crippen LogP contribution in [0.3, 0.4) is 0 Å². The molecule has 0 spiro atoms. The zero-order valence-electron chi connectivity index (χ0n) is 9.74. The molecule has 0 fully saturated rings. The van der Waals surface area contributed by atoms with Gasteiger partial charge in [-0.25, -0.2) is 4.98 Å². The molecule has 5 heteroatoms. The maximum Gasteiger partial charge on any atom is 0.193 e. The van der Waals surface area contributed by atoms with Crippen molar-refractivity contribution in [3.8, 4) is 0 Å². The van der Waals surface area contributed by atoms with E-state index in [1.54, 1.807) is 23.1 Å². The fourth-order valence-corrected chi connectivity index (χ4v) is 3.23. The molecule has 2 aromatic heterocycles. The van der Waals surface area contributed by atoms with Gasteiger partial charge < -0.3 is 5.73 Å². The molecular formula is C13H13N3S2. The second-order valence-corrected chi connectivity index (χ2v) is 5.88. The number of fused-ring (bicyclic) bond motifs is 1. The van der Waals surface area contributed by atoms with E-state index in [4.69, 9.17) is 5.73 Å². The van der Waals surface area contributed by atoms with E-state index in [2.05, 4.69) is 39.8 Å². The molecule has 2 N–H and O–H groups in total. The van der Waals surface area contributed by atoms with Crippen molar-refractivity contribution in [2.75, 3.05) is 0 Å². The molecule has 0 amide bonds. The van der Waals surface area contributed by atoms with Crippen molar-refractivity contribution >= 4 is 28.1 Å². The van der Waals surface area contributed by atoms with Crippen LogP contribution in [0.5, 0.6) is 0 Å². The fourth-order valence-electron chi connectivity index (χ4n) is 1.72. The number of nitrogens with zero attached hydrogens (tertiary/aromatic N) is 2. The zero-order chi connectivity index (χ0) is 12.4. The molecule has 0 saturated heterocycles. The molecule has 0 aliphatic rings. The molecule has 0 aliphatic heterocycles. The number of imidazole rings is 1. The lowest BCUT2D eigenvalue weighted by molar-refractivity contribution is 1.07. The molecule has 1 aromatic carbocycles. The lowest BCUT2D eigenvalue weighted by atomic mass is 10.2. The van der Waals surface area contributed by atoms with E-state index in [1.165, 1.54) is 10.5 Å². The van der Waals surface area contributed by atoms with Gasteiger partial charge in [-0.05, 0) is 17.7 Å². The van der Waals surface area contributed by atoms with E-state index in [0.717, 1.165) is 16.4 Å². The predicted molar refractivity (Wildman–Crippen MR) is 77.0 cm³/mol. The summed E-state index contributed by atoms with van der Waals surface area (Å²) in [4.78, 5) is 6.87. The normalized spacial score (nSPS) is 11.2. The predicted octanol–water partition coefficient (Wildman–Crippen LogP) is 3.15. The van der Waals surface area contributed by atoms with E-state index in [-0.39, 0.29) is 0 Å². The third kappa shape index (κ3) is 2.43. The summed E-state index contributed by atoms with van der Waals surface area (Å²) < 4.78 is 2.07. The minimum atomic E-state index is 0.599. The zero-order valence-corrected chi connectivity index (χ0v) is 11.4. The van der Waals surface area contributed by atoms with Gasteiger partial charge >= 0.3 is 0 Å². The topological polar surface area (TPSA) is 43.3 Å². The maximum absolute atomic E-state index is 5.58. The third-order valence-electron chi connectivity index (χ3n) is 2.69. The van der Waals surface area contributed by atoms with Gasteiger partial charge in [0.05, 0.1) is 5.69 Å². The van der Waals surface area contributed by atoms with Gasteiger partial charge in [-0.2, -0.15) is 0 Å². The van der Waals surface area contributed by atoms with Crippen molar-refractivity contribution < 1.29 is 0 Å². The monoisotopic (exact) mass is 275 g/mol. The summed E-state index contributed by atoms with van der Waals surface area (Å²) in [6.07, 6.45) is 4.13. The Hall–Kier alpha value is -1.30. The Morgan fingerprint density at radius 2 is 2.11 bits per heavy atom.